The maximum Gasteiger partial charge on any atom is 0.251 e. The number of hydrogen-bond acceptors (Lipinski definition) is 4. The second kappa shape index (κ2) is 8.06. The van der Waals surface area contributed by atoms with Gasteiger partial charge in [0, 0.05) is 31.0 Å². The molecule has 24 heavy (non-hydrogen) atoms. The van der Waals surface area contributed by atoms with E-state index in [1.165, 1.54) is 4.90 Å². The van der Waals surface area contributed by atoms with Gasteiger partial charge in [0.25, 0.3) is 5.91 Å². The summed E-state index contributed by atoms with van der Waals surface area (Å²) in [7, 11) is 0. The molecule has 1 fully saturated rings. The molecule has 6 nitrogen and oxygen atoms in total. The maximum atomic E-state index is 12.3. The lowest BCUT2D eigenvalue weighted by atomic mass is 10.0. The highest BCUT2D eigenvalue weighted by Crippen LogP contribution is 2.16. The van der Waals surface area contributed by atoms with E-state index in [0.29, 0.717) is 18.0 Å². The molecule has 1 aromatic carbocycles. The van der Waals surface area contributed by atoms with Gasteiger partial charge >= 0.3 is 0 Å². The van der Waals surface area contributed by atoms with Gasteiger partial charge in [0.05, 0.1) is 6.54 Å². The molecule has 6 heteroatoms. The molecule has 0 radical (unpaired) electrons. The van der Waals surface area contributed by atoms with Crippen LogP contribution in [0.25, 0.3) is 0 Å². The van der Waals surface area contributed by atoms with Crippen molar-refractivity contribution in [3.63, 3.8) is 0 Å². The Morgan fingerprint density at radius 2 is 1.75 bits per heavy atom. The third-order valence-corrected chi connectivity index (χ3v) is 4.09. The van der Waals surface area contributed by atoms with Crippen molar-refractivity contribution < 1.29 is 14.4 Å². The van der Waals surface area contributed by atoms with Gasteiger partial charge in [-0.1, -0.05) is 26.0 Å². The van der Waals surface area contributed by atoms with Crippen molar-refractivity contribution in [2.45, 2.75) is 45.7 Å². The molecule has 1 atom stereocenters. The Labute approximate surface area is 142 Å². The average molecular weight is 331 g/mol. The third-order valence-electron chi connectivity index (χ3n) is 4.09. The fourth-order valence-corrected chi connectivity index (χ4v) is 2.80. The molecule has 2 rings (SSSR count). The Bertz CT molecular complexity index is 594. The number of rotatable bonds is 7. The monoisotopic (exact) mass is 331 g/mol. The Hall–Kier alpha value is -2.21. The fourth-order valence-electron chi connectivity index (χ4n) is 2.80. The summed E-state index contributed by atoms with van der Waals surface area (Å²) in [4.78, 5) is 36.8. The Balaban J connectivity index is 1.97. The molecule has 1 saturated heterocycles. The number of nitrogens with two attached hydrogens (primary N) is 1. The van der Waals surface area contributed by atoms with Crippen molar-refractivity contribution in [1.82, 2.24) is 10.2 Å². The molecule has 1 aliphatic rings. The molecule has 130 valence electrons. The first kappa shape index (κ1) is 18.1. The van der Waals surface area contributed by atoms with Gasteiger partial charge in [-0.25, -0.2) is 0 Å². The number of likely N-dealkylation sites (tertiary alicyclic amines) is 1. The smallest absolute Gasteiger partial charge is 0.251 e. The van der Waals surface area contributed by atoms with Crippen LogP contribution < -0.4 is 11.1 Å². The van der Waals surface area contributed by atoms with E-state index < -0.39 is 0 Å². The lowest BCUT2D eigenvalue weighted by Gasteiger charge is -2.19. The minimum absolute atomic E-state index is 0.0444. The largest absolute Gasteiger partial charge is 0.348 e. The minimum Gasteiger partial charge on any atom is -0.348 e. The standard InChI is InChI=1S/C18H25N3O3/c1-12(2)9-15(10-19)20-18(24)14-5-3-13(4-6-14)11-21-16(22)7-8-17(21)23/h3-6,12,15H,7-11,19H2,1-2H3,(H,20,24). The van der Waals surface area contributed by atoms with Crippen LogP contribution in [-0.2, 0) is 16.1 Å². The van der Waals surface area contributed by atoms with Gasteiger partial charge in [-0.15, -0.1) is 0 Å². The topological polar surface area (TPSA) is 92.5 Å². The van der Waals surface area contributed by atoms with Crippen LogP contribution in [-0.4, -0.2) is 35.2 Å². The van der Waals surface area contributed by atoms with Crippen LogP contribution in [0.2, 0.25) is 0 Å². The van der Waals surface area contributed by atoms with E-state index in [-0.39, 0.29) is 43.1 Å². The number of nitrogens with zero attached hydrogens (tertiary/aromatic N) is 1. The first-order valence-corrected chi connectivity index (χ1v) is 8.33. The molecule has 1 aliphatic heterocycles. The number of benzene rings is 1. The third kappa shape index (κ3) is 4.64. The summed E-state index contributed by atoms with van der Waals surface area (Å²) in [6, 6.07) is 6.91. The molecule has 0 aliphatic carbocycles. The van der Waals surface area contributed by atoms with Gasteiger partial charge in [0.2, 0.25) is 11.8 Å². The average Bonchev–Trinajstić information content (AvgIpc) is 2.86. The summed E-state index contributed by atoms with van der Waals surface area (Å²) in [6.45, 7) is 4.84. The van der Waals surface area contributed by atoms with Crippen molar-refractivity contribution in [2.75, 3.05) is 6.54 Å². The lowest BCUT2D eigenvalue weighted by molar-refractivity contribution is -0.139. The molecular formula is C18H25N3O3. The fraction of sp³-hybridized carbons (Fsp3) is 0.500. The maximum absolute atomic E-state index is 12.3. The zero-order chi connectivity index (χ0) is 17.7. The van der Waals surface area contributed by atoms with E-state index in [1.54, 1.807) is 24.3 Å². The number of amides is 3. The molecule has 0 spiro atoms. The number of carbonyl (C=O) groups excluding carboxylic acids is 3. The molecule has 1 aromatic rings. The van der Waals surface area contributed by atoms with Gasteiger partial charge in [0.15, 0.2) is 0 Å². The highest BCUT2D eigenvalue weighted by atomic mass is 16.2. The lowest BCUT2D eigenvalue weighted by Crippen LogP contribution is -2.41. The number of nitrogens with one attached hydrogen (secondary N) is 1. The van der Waals surface area contributed by atoms with Crippen molar-refractivity contribution >= 4 is 17.7 Å². The van der Waals surface area contributed by atoms with Crippen LogP contribution in [0.15, 0.2) is 24.3 Å². The van der Waals surface area contributed by atoms with Crippen LogP contribution in [0, 0.1) is 5.92 Å². The summed E-state index contributed by atoms with van der Waals surface area (Å²) >= 11 is 0. The van der Waals surface area contributed by atoms with Gasteiger partial charge in [0.1, 0.15) is 0 Å². The molecule has 1 heterocycles. The van der Waals surface area contributed by atoms with E-state index in [9.17, 15) is 14.4 Å². The van der Waals surface area contributed by atoms with E-state index >= 15 is 0 Å². The van der Waals surface area contributed by atoms with Gasteiger partial charge < -0.3 is 11.1 Å². The SMILES string of the molecule is CC(C)CC(CN)NC(=O)c1ccc(CN2C(=O)CCC2=O)cc1. The molecule has 3 N–H and O–H groups in total. The predicted octanol–water partition coefficient (Wildman–Crippen LogP) is 1.44. The molecular weight excluding hydrogens is 306 g/mol. The quantitative estimate of drug-likeness (QED) is 0.740. The van der Waals surface area contributed by atoms with E-state index in [2.05, 4.69) is 19.2 Å². The zero-order valence-electron chi connectivity index (χ0n) is 14.2. The molecule has 3 amide bonds. The van der Waals surface area contributed by atoms with Gasteiger partial charge in [-0.2, -0.15) is 0 Å². The normalized spacial score (nSPS) is 15.9. The number of carbonyl (C=O) groups is 3. The van der Waals surface area contributed by atoms with Gasteiger partial charge in [-0.3, -0.25) is 19.3 Å². The summed E-state index contributed by atoms with van der Waals surface area (Å²) in [5.74, 6) is 0.0188. The van der Waals surface area contributed by atoms with E-state index in [1.807, 2.05) is 0 Å². The second-order valence-electron chi connectivity index (χ2n) is 6.61. The minimum atomic E-state index is -0.161. The van der Waals surface area contributed by atoms with Crippen molar-refractivity contribution in [1.29, 1.82) is 0 Å². The Kier molecular flexibility index (Phi) is 6.09. The molecule has 0 bridgehead atoms. The van der Waals surface area contributed by atoms with Crippen molar-refractivity contribution in [3.8, 4) is 0 Å². The van der Waals surface area contributed by atoms with Crippen molar-refractivity contribution in [2.24, 2.45) is 11.7 Å². The molecule has 0 aromatic heterocycles. The summed E-state index contributed by atoms with van der Waals surface area (Å²) in [5.41, 5.74) is 7.07. The van der Waals surface area contributed by atoms with E-state index in [0.717, 1.165) is 12.0 Å². The first-order chi connectivity index (χ1) is 11.4. The summed E-state index contributed by atoms with van der Waals surface area (Å²) in [6.07, 6.45) is 1.41. The second-order valence-corrected chi connectivity index (χ2v) is 6.61. The highest BCUT2D eigenvalue weighted by Gasteiger charge is 2.28. The van der Waals surface area contributed by atoms with Crippen LogP contribution in [0.1, 0.15) is 49.0 Å². The first-order valence-electron chi connectivity index (χ1n) is 8.33. The van der Waals surface area contributed by atoms with Crippen LogP contribution in [0.3, 0.4) is 0 Å². The Morgan fingerprint density at radius 1 is 1.17 bits per heavy atom. The number of hydrogen-bond donors (Lipinski definition) is 2. The zero-order valence-corrected chi connectivity index (χ0v) is 14.2. The van der Waals surface area contributed by atoms with Crippen LogP contribution in [0.5, 0.6) is 0 Å². The summed E-state index contributed by atoms with van der Waals surface area (Å²) in [5, 5.41) is 2.94. The van der Waals surface area contributed by atoms with E-state index in [4.69, 9.17) is 5.73 Å². The van der Waals surface area contributed by atoms with Crippen molar-refractivity contribution in [3.05, 3.63) is 35.4 Å². The molecule has 0 saturated carbocycles. The highest BCUT2D eigenvalue weighted by molar-refractivity contribution is 6.01. The van der Waals surface area contributed by atoms with Gasteiger partial charge in [-0.05, 0) is 30.0 Å². The summed E-state index contributed by atoms with van der Waals surface area (Å²) < 4.78 is 0. The predicted molar refractivity (Wildman–Crippen MR) is 91.0 cm³/mol. The molecule has 1 unspecified atom stereocenters. The number of imide groups is 1. The van der Waals surface area contributed by atoms with Crippen LogP contribution in [0.4, 0.5) is 0 Å². The van der Waals surface area contributed by atoms with Crippen LogP contribution >= 0.6 is 0 Å². The Morgan fingerprint density at radius 3 is 2.25 bits per heavy atom.